The van der Waals surface area contributed by atoms with Gasteiger partial charge in [0.05, 0.1) is 17.8 Å². The van der Waals surface area contributed by atoms with Gasteiger partial charge in [-0.1, -0.05) is 48.6 Å². The van der Waals surface area contributed by atoms with E-state index in [2.05, 4.69) is 22.5 Å². The van der Waals surface area contributed by atoms with Crippen molar-refractivity contribution < 1.29 is 14.3 Å². The first-order valence-corrected chi connectivity index (χ1v) is 10.1. The van der Waals surface area contributed by atoms with E-state index < -0.39 is 0 Å². The Balaban J connectivity index is 1.71. The van der Waals surface area contributed by atoms with Crippen LogP contribution in [0.3, 0.4) is 0 Å². The molecule has 1 amide bonds. The second kappa shape index (κ2) is 10.3. The molecule has 5 nitrogen and oxygen atoms in total. The van der Waals surface area contributed by atoms with Crippen molar-refractivity contribution in [1.29, 1.82) is 0 Å². The third kappa shape index (κ3) is 5.54. The number of anilines is 1. The Morgan fingerprint density at radius 1 is 1.07 bits per heavy atom. The number of nitrogens with zero attached hydrogens (tertiary/aromatic N) is 1. The topological polar surface area (TPSA) is 68.3 Å². The number of rotatable bonds is 8. The van der Waals surface area contributed by atoms with Gasteiger partial charge in [-0.05, 0) is 49.4 Å². The summed E-state index contributed by atoms with van der Waals surface area (Å²) in [6.45, 7) is 3.79. The number of aromatic nitrogens is 1. The van der Waals surface area contributed by atoms with E-state index >= 15 is 0 Å². The first kappa shape index (κ1) is 21.2. The number of unbranched alkanes of at least 4 members (excludes halogenated alkanes) is 1. The Morgan fingerprint density at radius 3 is 2.70 bits per heavy atom. The number of ether oxygens (including phenoxy) is 1. The molecule has 0 aliphatic heterocycles. The van der Waals surface area contributed by atoms with Crippen LogP contribution in [-0.4, -0.2) is 23.5 Å². The molecular weight excluding hydrogens is 376 g/mol. The fourth-order valence-corrected chi connectivity index (χ4v) is 3.36. The fourth-order valence-electron chi connectivity index (χ4n) is 3.36. The Bertz CT molecular complexity index is 1070. The van der Waals surface area contributed by atoms with Gasteiger partial charge in [0.15, 0.2) is 0 Å². The number of hydrogen-bond acceptors (Lipinski definition) is 4. The number of allylic oxidation sites excluding steroid dienone is 2. The van der Waals surface area contributed by atoms with Crippen molar-refractivity contribution in [3.8, 4) is 0 Å². The number of pyridine rings is 1. The third-order valence-corrected chi connectivity index (χ3v) is 4.79. The smallest absolute Gasteiger partial charge is 0.302 e. The number of benzene rings is 2. The lowest BCUT2D eigenvalue weighted by Gasteiger charge is -2.13. The summed E-state index contributed by atoms with van der Waals surface area (Å²) in [6.07, 6.45) is 8.10. The third-order valence-electron chi connectivity index (χ3n) is 4.79. The van der Waals surface area contributed by atoms with Crippen LogP contribution in [0.15, 0.2) is 66.9 Å². The van der Waals surface area contributed by atoms with Gasteiger partial charge in [-0.2, -0.15) is 0 Å². The van der Waals surface area contributed by atoms with Gasteiger partial charge in [0.25, 0.3) is 5.91 Å². The molecule has 5 heteroatoms. The molecule has 1 heterocycles. The van der Waals surface area contributed by atoms with Gasteiger partial charge in [0, 0.05) is 24.1 Å². The largest absolute Gasteiger partial charge is 0.466 e. The molecule has 1 aromatic heterocycles. The maximum Gasteiger partial charge on any atom is 0.302 e. The van der Waals surface area contributed by atoms with Crippen molar-refractivity contribution in [2.75, 3.05) is 11.9 Å². The Hall–Kier alpha value is -3.47. The van der Waals surface area contributed by atoms with Crippen LogP contribution in [0.25, 0.3) is 10.9 Å². The molecule has 0 unspecified atom stereocenters. The first-order valence-electron chi connectivity index (χ1n) is 10.1. The SMILES string of the molecule is CC(=O)OCCC/C=C/Cc1cccc(C)c1C(=O)Nc1cccc2cccnc12. The summed E-state index contributed by atoms with van der Waals surface area (Å²) in [5, 5.41) is 4.02. The quantitative estimate of drug-likeness (QED) is 0.318. The monoisotopic (exact) mass is 402 g/mol. The van der Waals surface area contributed by atoms with Crippen LogP contribution in [0, 0.1) is 6.92 Å². The number of para-hydroxylation sites is 1. The van der Waals surface area contributed by atoms with E-state index in [1.165, 1.54) is 6.92 Å². The normalized spacial score (nSPS) is 11.0. The highest BCUT2D eigenvalue weighted by atomic mass is 16.5. The molecule has 0 aliphatic carbocycles. The summed E-state index contributed by atoms with van der Waals surface area (Å²) in [7, 11) is 0. The van der Waals surface area contributed by atoms with Gasteiger partial charge in [0.2, 0.25) is 0 Å². The number of hydrogen-bond donors (Lipinski definition) is 1. The molecule has 0 spiro atoms. The zero-order valence-electron chi connectivity index (χ0n) is 17.4. The van der Waals surface area contributed by atoms with Crippen LogP contribution in [-0.2, 0) is 16.0 Å². The van der Waals surface area contributed by atoms with Crippen molar-refractivity contribution in [3.05, 3.63) is 83.6 Å². The zero-order chi connectivity index (χ0) is 21.3. The summed E-state index contributed by atoms with van der Waals surface area (Å²) in [4.78, 5) is 28.3. The van der Waals surface area contributed by atoms with Crippen molar-refractivity contribution in [2.24, 2.45) is 0 Å². The van der Waals surface area contributed by atoms with E-state index in [0.717, 1.165) is 34.9 Å². The molecule has 3 rings (SSSR count). The number of esters is 1. The van der Waals surface area contributed by atoms with Gasteiger partial charge >= 0.3 is 5.97 Å². The van der Waals surface area contributed by atoms with E-state index in [9.17, 15) is 9.59 Å². The predicted molar refractivity (Wildman–Crippen MR) is 120 cm³/mol. The number of carbonyl (C=O) groups is 2. The van der Waals surface area contributed by atoms with Crippen molar-refractivity contribution >= 4 is 28.5 Å². The zero-order valence-corrected chi connectivity index (χ0v) is 17.4. The van der Waals surface area contributed by atoms with Crippen molar-refractivity contribution in [3.63, 3.8) is 0 Å². The van der Waals surface area contributed by atoms with Crippen molar-refractivity contribution in [2.45, 2.75) is 33.1 Å². The highest BCUT2D eigenvalue weighted by Gasteiger charge is 2.15. The maximum atomic E-state index is 13.1. The lowest BCUT2D eigenvalue weighted by Crippen LogP contribution is -2.16. The van der Waals surface area contributed by atoms with Gasteiger partial charge in [0.1, 0.15) is 0 Å². The molecule has 0 aliphatic rings. The number of carbonyl (C=O) groups excluding carboxylic acids is 2. The van der Waals surface area contributed by atoms with Crippen LogP contribution in [0.2, 0.25) is 0 Å². The van der Waals surface area contributed by atoms with Crippen LogP contribution in [0.5, 0.6) is 0 Å². The molecule has 0 bridgehead atoms. The van der Waals surface area contributed by atoms with Crippen molar-refractivity contribution in [1.82, 2.24) is 4.98 Å². The van der Waals surface area contributed by atoms with Crippen LogP contribution < -0.4 is 5.32 Å². The molecule has 0 saturated heterocycles. The van der Waals surface area contributed by atoms with Gasteiger partial charge in [-0.15, -0.1) is 0 Å². The first-order chi connectivity index (χ1) is 14.6. The summed E-state index contributed by atoms with van der Waals surface area (Å²) in [6, 6.07) is 15.5. The van der Waals surface area contributed by atoms with Gasteiger partial charge < -0.3 is 10.1 Å². The minimum absolute atomic E-state index is 0.135. The van der Waals surface area contributed by atoms with E-state index in [1.807, 2.05) is 55.5 Å². The average molecular weight is 402 g/mol. The second-order valence-electron chi connectivity index (χ2n) is 7.10. The molecule has 0 fully saturated rings. The summed E-state index contributed by atoms with van der Waals surface area (Å²) in [5.74, 6) is -0.389. The summed E-state index contributed by atoms with van der Waals surface area (Å²) < 4.78 is 4.93. The molecule has 3 aromatic rings. The molecule has 0 saturated carbocycles. The Labute approximate surface area is 176 Å². The maximum absolute atomic E-state index is 13.1. The highest BCUT2D eigenvalue weighted by molar-refractivity contribution is 6.09. The lowest BCUT2D eigenvalue weighted by molar-refractivity contribution is -0.141. The number of fused-ring (bicyclic) bond motifs is 1. The number of nitrogens with one attached hydrogen (secondary N) is 1. The number of amides is 1. The predicted octanol–water partition coefficient (Wildman–Crippen LogP) is 5.24. The molecule has 0 radical (unpaired) electrons. The molecule has 1 N–H and O–H groups in total. The molecule has 2 aromatic carbocycles. The van der Waals surface area contributed by atoms with E-state index in [-0.39, 0.29) is 11.9 Å². The Kier molecular flexibility index (Phi) is 7.33. The van der Waals surface area contributed by atoms with E-state index in [4.69, 9.17) is 4.74 Å². The van der Waals surface area contributed by atoms with E-state index in [1.54, 1.807) is 6.20 Å². The van der Waals surface area contributed by atoms with E-state index in [0.29, 0.717) is 24.3 Å². The molecule has 154 valence electrons. The highest BCUT2D eigenvalue weighted by Crippen LogP contribution is 2.23. The Morgan fingerprint density at radius 2 is 1.87 bits per heavy atom. The molecule has 0 atom stereocenters. The lowest BCUT2D eigenvalue weighted by atomic mass is 9.98. The second-order valence-corrected chi connectivity index (χ2v) is 7.10. The van der Waals surface area contributed by atoms with Gasteiger partial charge in [-0.25, -0.2) is 0 Å². The molecule has 30 heavy (non-hydrogen) atoms. The van der Waals surface area contributed by atoms with Gasteiger partial charge in [-0.3, -0.25) is 14.6 Å². The molecular formula is C25H26N2O3. The van der Waals surface area contributed by atoms with Crippen LogP contribution >= 0.6 is 0 Å². The van der Waals surface area contributed by atoms with Crippen LogP contribution in [0.1, 0.15) is 41.3 Å². The standard InChI is InChI=1S/C25H26N2O3/c1-18-10-7-12-20(11-5-3-4-6-17-30-19(2)28)23(18)25(29)27-22-15-8-13-21-14-9-16-26-24(21)22/h3,5,7-10,12-16H,4,6,11,17H2,1-2H3,(H,27,29)/b5-3+. The summed E-state index contributed by atoms with van der Waals surface area (Å²) in [5.41, 5.74) is 4.07. The number of aryl methyl sites for hydroxylation is 1. The van der Waals surface area contributed by atoms with Crippen LogP contribution in [0.4, 0.5) is 5.69 Å². The average Bonchev–Trinajstić information content (AvgIpc) is 2.73. The minimum atomic E-state index is -0.254. The minimum Gasteiger partial charge on any atom is -0.466 e. The summed E-state index contributed by atoms with van der Waals surface area (Å²) >= 11 is 0. The fraction of sp³-hybridized carbons (Fsp3) is 0.240.